The first kappa shape index (κ1) is 12.9. The molecule has 1 fully saturated rings. The van der Waals surface area contributed by atoms with E-state index < -0.39 is 0 Å². The molecule has 1 spiro atoms. The summed E-state index contributed by atoms with van der Waals surface area (Å²) in [6.45, 7) is 1.07. The molecule has 2 unspecified atom stereocenters. The van der Waals surface area contributed by atoms with Crippen molar-refractivity contribution in [2.45, 2.75) is 30.7 Å². The van der Waals surface area contributed by atoms with Crippen LogP contribution in [0.5, 0.6) is 0 Å². The molecule has 0 radical (unpaired) electrons. The highest BCUT2D eigenvalue weighted by molar-refractivity contribution is 5.92. The van der Waals surface area contributed by atoms with Gasteiger partial charge in [-0.2, -0.15) is 0 Å². The molecule has 0 saturated carbocycles. The van der Waals surface area contributed by atoms with Crippen molar-refractivity contribution in [3.05, 3.63) is 41.1 Å². The standard InChI is InChI=1S/C17H20N2O2/c1-19-10-9-17-12-5-3-4-6-13(12)18-15(17)11(16(20)21-2)7-8-14(17)19/h3-6,14,18H,7-10H2,1-2H3. The van der Waals surface area contributed by atoms with Crippen molar-refractivity contribution in [3.63, 3.8) is 0 Å². The van der Waals surface area contributed by atoms with Crippen LogP contribution in [0.25, 0.3) is 0 Å². The topological polar surface area (TPSA) is 41.6 Å². The number of likely N-dealkylation sites (N-methyl/N-ethyl adjacent to an activating group) is 1. The third-order valence-corrected chi connectivity index (χ3v) is 5.47. The number of para-hydroxylation sites is 1. The molecule has 2 atom stereocenters. The second-order valence-corrected chi connectivity index (χ2v) is 6.27. The van der Waals surface area contributed by atoms with Crippen molar-refractivity contribution < 1.29 is 9.53 Å². The van der Waals surface area contributed by atoms with Crippen LogP contribution in [0.2, 0.25) is 0 Å². The van der Waals surface area contributed by atoms with Gasteiger partial charge in [-0.15, -0.1) is 0 Å². The van der Waals surface area contributed by atoms with Crippen molar-refractivity contribution in [1.29, 1.82) is 0 Å². The molecule has 1 aromatic rings. The Morgan fingerprint density at radius 1 is 1.43 bits per heavy atom. The summed E-state index contributed by atoms with van der Waals surface area (Å²) in [5.41, 5.74) is 4.37. The average molecular weight is 284 g/mol. The van der Waals surface area contributed by atoms with E-state index in [1.165, 1.54) is 12.7 Å². The van der Waals surface area contributed by atoms with Crippen LogP contribution in [0.3, 0.4) is 0 Å². The first-order valence-electron chi connectivity index (χ1n) is 7.57. The lowest BCUT2D eigenvalue weighted by Gasteiger charge is -2.39. The summed E-state index contributed by atoms with van der Waals surface area (Å²) in [7, 11) is 3.67. The molecule has 1 N–H and O–H groups in total. The van der Waals surface area contributed by atoms with Crippen LogP contribution in [-0.4, -0.2) is 37.6 Å². The van der Waals surface area contributed by atoms with E-state index in [2.05, 4.69) is 35.5 Å². The summed E-state index contributed by atoms with van der Waals surface area (Å²) >= 11 is 0. The third kappa shape index (κ3) is 1.51. The van der Waals surface area contributed by atoms with Crippen molar-refractivity contribution in [1.82, 2.24) is 4.90 Å². The number of ether oxygens (including phenoxy) is 1. The van der Waals surface area contributed by atoms with Crippen molar-refractivity contribution in [3.8, 4) is 0 Å². The summed E-state index contributed by atoms with van der Waals surface area (Å²) in [5, 5.41) is 3.54. The van der Waals surface area contributed by atoms with Crippen molar-refractivity contribution in [2.75, 3.05) is 26.0 Å². The number of carbonyl (C=O) groups excluding carboxylic acids is 1. The fourth-order valence-electron chi connectivity index (χ4n) is 4.56. The number of hydrogen-bond acceptors (Lipinski definition) is 4. The Morgan fingerprint density at radius 3 is 3.05 bits per heavy atom. The van der Waals surface area contributed by atoms with E-state index in [4.69, 9.17) is 4.74 Å². The third-order valence-electron chi connectivity index (χ3n) is 5.47. The predicted octanol–water partition coefficient (Wildman–Crippen LogP) is 2.27. The minimum Gasteiger partial charge on any atom is -0.466 e. The number of likely N-dealkylation sites (tertiary alicyclic amines) is 1. The smallest absolute Gasteiger partial charge is 0.335 e. The fourth-order valence-corrected chi connectivity index (χ4v) is 4.56. The number of methoxy groups -OCH3 is 1. The highest BCUT2D eigenvalue weighted by atomic mass is 16.5. The number of fused-ring (bicyclic) bond motifs is 1. The number of nitrogens with zero attached hydrogens (tertiary/aromatic N) is 1. The first-order chi connectivity index (χ1) is 10.2. The molecule has 0 bridgehead atoms. The highest BCUT2D eigenvalue weighted by Gasteiger charge is 2.57. The van der Waals surface area contributed by atoms with Crippen LogP contribution >= 0.6 is 0 Å². The van der Waals surface area contributed by atoms with Crippen LogP contribution in [0, 0.1) is 0 Å². The Balaban J connectivity index is 1.96. The van der Waals surface area contributed by atoms with Crippen LogP contribution in [0.1, 0.15) is 24.8 Å². The van der Waals surface area contributed by atoms with Gasteiger partial charge in [-0.05, 0) is 44.5 Å². The zero-order chi connectivity index (χ0) is 14.6. The molecule has 1 aliphatic carbocycles. The Labute approximate surface area is 124 Å². The number of nitrogens with one attached hydrogen (secondary N) is 1. The van der Waals surface area contributed by atoms with Gasteiger partial charge in [0.2, 0.25) is 0 Å². The maximum absolute atomic E-state index is 12.2. The van der Waals surface area contributed by atoms with E-state index in [1.54, 1.807) is 0 Å². The molecular weight excluding hydrogens is 264 g/mol. The van der Waals surface area contributed by atoms with E-state index in [0.29, 0.717) is 6.04 Å². The van der Waals surface area contributed by atoms with E-state index in [-0.39, 0.29) is 11.4 Å². The van der Waals surface area contributed by atoms with Crippen LogP contribution in [0.15, 0.2) is 35.5 Å². The second kappa shape index (κ2) is 4.34. The number of hydrogen-bond donors (Lipinski definition) is 1. The van der Waals surface area contributed by atoms with Gasteiger partial charge < -0.3 is 15.0 Å². The SMILES string of the molecule is COC(=O)C1=C2Nc3ccccc3C23CCN(C)C3CC1. The Bertz CT molecular complexity index is 652. The van der Waals surface area contributed by atoms with Gasteiger partial charge in [0.05, 0.1) is 18.1 Å². The Kier molecular flexibility index (Phi) is 2.67. The lowest BCUT2D eigenvalue weighted by molar-refractivity contribution is -0.136. The molecule has 4 rings (SSSR count). The Morgan fingerprint density at radius 2 is 2.24 bits per heavy atom. The predicted molar refractivity (Wildman–Crippen MR) is 81.1 cm³/mol. The minimum absolute atomic E-state index is 0.0485. The molecule has 0 amide bonds. The molecular formula is C17H20N2O2. The van der Waals surface area contributed by atoms with Crippen molar-refractivity contribution >= 4 is 11.7 Å². The van der Waals surface area contributed by atoms with Gasteiger partial charge in [0.15, 0.2) is 0 Å². The molecule has 0 aromatic heterocycles. The maximum atomic E-state index is 12.2. The zero-order valence-electron chi connectivity index (χ0n) is 12.5. The quantitative estimate of drug-likeness (QED) is 0.803. The zero-order valence-corrected chi connectivity index (χ0v) is 12.5. The number of carbonyl (C=O) groups is 1. The van der Waals surface area contributed by atoms with Gasteiger partial charge >= 0.3 is 5.97 Å². The highest BCUT2D eigenvalue weighted by Crippen LogP contribution is 2.57. The van der Waals surface area contributed by atoms with Crippen LogP contribution < -0.4 is 5.32 Å². The van der Waals surface area contributed by atoms with E-state index >= 15 is 0 Å². The van der Waals surface area contributed by atoms with Gasteiger partial charge in [-0.3, -0.25) is 0 Å². The minimum atomic E-state index is -0.183. The van der Waals surface area contributed by atoms with Gasteiger partial charge in [-0.1, -0.05) is 18.2 Å². The average Bonchev–Trinajstić information content (AvgIpc) is 3.03. The van der Waals surface area contributed by atoms with Crippen molar-refractivity contribution in [2.24, 2.45) is 0 Å². The molecule has 1 saturated heterocycles. The van der Waals surface area contributed by atoms with Gasteiger partial charge in [0.1, 0.15) is 0 Å². The number of rotatable bonds is 1. The monoisotopic (exact) mass is 284 g/mol. The summed E-state index contributed by atoms with van der Waals surface area (Å²) in [5.74, 6) is -0.183. The summed E-state index contributed by atoms with van der Waals surface area (Å²) in [6.07, 6.45) is 2.87. The first-order valence-corrected chi connectivity index (χ1v) is 7.57. The molecule has 21 heavy (non-hydrogen) atoms. The molecule has 4 nitrogen and oxygen atoms in total. The molecule has 3 aliphatic rings. The summed E-state index contributed by atoms with van der Waals surface area (Å²) in [4.78, 5) is 14.6. The Hall–Kier alpha value is -1.81. The lowest BCUT2D eigenvalue weighted by Crippen LogP contribution is -2.45. The van der Waals surface area contributed by atoms with Gasteiger partial charge in [-0.25, -0.2) is 4.79 Å². The molecule has 2 heterocycles. The van der Waals surface area contributed by atoms with E-state index in [0.717, 1.165) is 42.8 Å². The summed E-state index contributed by atoms with van der Waals surface area (Å²) in [6, 6.07) is 8.94. The van der Waals surface area contributed by atoms with Crippen LogP contribution in [0.4, 0.5) is 5.69 Å². The van der Waals surface area contributed by atoms with E-state index in [1.807, 2.05) is 6.07 Å². The number of esters is 1. The maximum Gasteiger partial charge on any atom is 0.335 e. The largest absolute Gasteiger partial charge is 0.466 e. The number of benzene rings is 1. The lowest BCUT2D eigenvalue weighted by atomic mass is 9.67. The van der Waals surface area contributed by atoms with Gasteiger partial charge in [0.25, 0.3) is 0 Å². The molecule has 1 aromatic carbocycles. The number of anilines is 1. The molecule has 2 aliphatic heterocycles. The van der Waals surface area contributed by atoms with Gasteiger partial charge in [0, 0.05) is 17.4 Å². The van der Waals surface area contributed by atoms with E-state index in [9.17, 15) is 4.79 Å². The second-order valence-electron chi connectivity index (χ2n) is 6.27. The fraction of sp³-hybridized carbons (Fsp3) is 0.471. The van der Waals surface area contributed by atoms with Crippen LogP contribution in [-0.2, 0) is 14.9 Å². The molecule has 4 heteroatoms. The normalized spacial score (nSPS) is 30.5. The molecule has 110 valence electrons. The summed E-state index contributed by atoms with van der Waals surface area (Å²) < 4.78 is 5.02.